The lowest BCUT2D eigenvalue weighted by molar-refractivity contribution is -0.0169. The molecule has 1 atom stereocenters. The van der Waals surface area contributed by atoms with Crippen molar-refractivity contribution in [3.8, 4) is 0 Å². The second-order valence-electron chi connectivity index (χ2n) is 5.25. The van der Waals surface area contributed by atoms with Crippen molar-refractivity contribution in [1.82, 2.24) is 4.78 Å². The number of nitrogens with zero attached hydrogens (tertiary/aromatic N) is 3. The van der Waals surface area contributed by atoms with E-state index in [0.29, 0.717) is 26.4 Å². The van der Waals surface area contributed by atoms with Crippen LogP contribution in [0.15, 0.2) is 10.3 Å². The van der Waals surface area contributed by atoms with Gasteiger partial charge in [0.15, 0.2) is 6.23 Å². The van der Waals surface area contributed by atoms with Crippen LogP contribution in [0.5, 0.6) is 0 Å². The van der Waals surface area contributed by atoms with E-state index in [0.717, 1.165) is 38.5 Å². The van der Waals surface area contributed by atoms with Crippen molar-refractivity contribution < 1.29 is 18.3 Å². The van der Waals surface area contributed by atoms with Crippen LogP contribution < -0.4 is 0 Å². The fraction of sp³-hybridized carbons (Fsp3) is 1.00. The molecule has 0 spiro atoms. The van der Waals surface area contributed by atoms with Crippen LogP contribution in [-0.4, -0.2) is 37.4 Å². The van der Waals surface area contributed by atoms with E-state index in [9.17, 15) is 4.57 Å². The Morgan fingerprint density at radius 3 is 2.09 bits per heavy atom. The molecule has 0 amide bonds. The third-order valence-electron chi connectivity index (χ3n) is 3.21. The Bertz CT molecular complexity index is 354. The van der Waals surface area contributed by atoms with Gasteiger partial charge in [-0.25, -0.2) is 4.57 Å². The maximum Gasteiger partial charge on any atom is 0.454 e. The monoisotopic (exact) mass is 335 g/mol. The van der Waals surface area contributed by atoms with Gasteiger partial charge in [0, 0.05) is 6.61 Å². The van der Waals surface area contributed by atoms with Gasteiger partial charge >= 0.3 is 7.75 Å². The zero-order valence-corrected chi connectivity index (χ0v) is 15.0. The number of hydrogen-bond acceptors (Lipinski definition) is 6. The first-order valence-electron chi connectivity index (χ1n) is 8.35. The molecule has 0 bridgehead atoms. The van der Waals surface area contributed by atoms with Crippen LogP contribution in [0.3, 0.4) is 0 Å². The molecule has 0 aromatic heterocycles. The van der Waals surface area contributed by atoms with Gasteiger partial charge in [0.1, 0.15) is 6.54 Å². The molecule has 7 nitrogen and oxygen atoms in total. The van der Waals surface area contributed by atoms with Crippen molar-refractivity contribution >= 4 is 7.75 Å². The van der Waals surface area contributed by atoms with Crippen LogP contribution in [0, 0.1) is 0 Å². The summed E-state index contributed by atoms with van der Waals surface area (Å²) in [4.78, 5) is 0. The predicted molar refractivity (Wildman–Crippen MR) is 85.5 cm³/mol. The van der Waals surface area contributed by atoms with Crippen molar-refractivity contribution in [2.75, 3.05) is 26.4 Å². The van der Waals surface area contributed by atoms with Gasteiger partial charge in [0.2, 0.25) is 0 Å². The van der Waals surface area contributed by atoms with Crippen LogP contribution >= 0.6 is 7.75 Å². The Balaban J connectivity index is 2.65. The van der Waals surface area contributed by atoms with E-state index in [1.807, 2.05) is 0 Å². The van der Waals surface area contributed by atoms with Gasteiger partial charge in [-0.3, -0.25) is 9.05 Å². The highest BCUT2D eigenvalue weighted by atomic mass is 31.2. The minimum absolute atomic E-state index is 0.363. The second-order valence-corrected chi connectivity index (χ2v) is 7.12. The molecule has 0 aromatic carbocycles. The lowest BCUT2D eigenvalue weighted by Crippen LogP contribution is -2.31. The Labute approximate surface area is 134 Å². The third kappa shape index (κ3) is 6.32. The molecule has 0 radical (unpaired) electrons. The Kier molecular flexibility index (Phi) is 9.87. The number of rotatable bonds is 13. The van der Waals surface area contributed by atoms with E-state index < -0.39 is 14.0 Å². The highest BCUT2D eigenvalue weighted by molar-refractivity contribution is 7.51. The summed E-state index contributed by atoms with van der Waals surface area (Å²) in [5.74, 6) is 0. The molecule has 8 heteroatoms. The van der Waals surface area contributed by atoms with Gasteiger partial charge in [-0.15, -0.1) is 0 Å². The highest BCUT2D eigenvalue weighted by Crippen LogP contribution is 2.55. The van der Waals surface area contributed by atoms with Gasteiger partial charge in [0.05, 0.1) is 13.2 Å². The van der Waals surface area contributed by atoms with Crippen molar-refractivity contribution in [3.05, 3.63) is 0 Å². The Morgan fingerprint density at radius 1 is 1.00 bits per heavy atom. The normalized spacial score (nSPS) is 18.3. The number of ether oxygens (including phenoxy) is 1. The van der Waals surface area contributed by atoms with E-state index in [-0.39, 0.29) is 0 Å². The van der Waals surface area contributed by atoms with E-state index >= 15 is 0 Å². The lowest BCUT2D eigenvalue weighted by atomic mass is 10.4. The van der Waals surface area contributed by atoms with Crippen LogP contribution in [0.25, 0.3) is 0 Å². The largest absolute Gasteiger partial charge is 0.454 e. The molecule has 0 aliphatic carbocycles. The van der Waals surface area contributed by atoms with Gasteiger partial charge < -0.3 is 4.74 Å². The van der Waals surface area contributed by atoms with E-state index in [4.69, 9.17) is 13.8 Å². The summed E-state index contributed by atoms with van der Waals surface area (Å²) in [7, 11) is -3.48. The quantitative estimate of drug-likeness (QED) is 0.364. The smallest absolute Gasteiger partial charge is 0.354 e. The molecule has 1 unspecified atom stereocenters. The maximum atomic E-state index is 13.1. The van der Waals surface area contributed by atoms with E-state index in [1.165, 1.54) is 4.78 Å². The molecule has 0 fully saturated rings. The molecular weight excluding hydrogens is 305 g/mol. The summed E-state index contributed by atoms with van der Waals surface area (Å²) in [6.45, 7) is 7.92. The van der Waals surface area contributed by atoms with Gasteiger partial charge in [-0.2, -0.15) is 9.89 Å². The number of hydrogen-bond donors (Lipinski definition) is 0. The lowest BCUT2D eigenvalue weighted by Gasteiger charge is -2.28. The Hall–Kier alpha value is -0.490. The first kappa shape index (κ1) is 19.6. The van der Waals surface area contributed by atoms with Crippen molar-refractivity contribution in [3.63, 3.8) is 0 Å². The van der Waals surface area contributed by atoms with Gasteiger partial charge in [0.25, 0.3) is 0 Å². The Morgan fingerprint density at radius 2 is 1.55 bits per heavy atom. The highest BCUT2D eigenvalue weighted by Gasteiger charge is 2.42. The summed E-state index contributed by atoms with van der Waals surface area (Å²) < 4.78 is 31.2. The molecule has 0 saturated carbocycles. The summed E-state index contributed by atoms with van der Waals surface area (Å²) in [6.07, 6.45) is 5.11. The van der Waals surface area contributed by atoms with Gasteiger partial charge in [-0.1, -0.05) is 45.3 Å². The minimum Gasteiger partial charge on any atom is -0.354 e. The maximum absolute atomic E-state index is 13.1. The zero-order valence-electron chi connectivity index (χ0n) is 14.1. The number of unbranched alkanes of at least 4 members (excludes halogenated alkanes) is 3. The van der Waals surface area contributed by atoms with Crippen LogP contribution in [0.1, 0.15) is 59.3 Å². The molecule has 1 aliphatic rings. The summed E-state index contributed by atoms with van der Waals surface area (Å²) in [5.41, 5.74) is 0. The minimum atomic E-state index is -3.48. The molecule has 0 N–H and O–H groups in total. The molecule has 130 valence electrons. The van der Waals surface area contributed by atoms with Crippen molar-refractivity contribution in [2.45, 2.75) is 65.5 Å². The second kappa shape index (κ2) is 11.1. The van der Waals surface area contributed by atoms with Crippen molar-refractivity contribution in [2.24, 2.45) is 10.3 Å². The average molecular weight is 335 g/mol. The molecule has 1 heterocycles. The SMILES string of the molecule is CCCCOC1CN=NN1P(=O)(OCCCC)OCCCC. The fourth-order valence-electron chi connectivity index (χ4n) is 1.80. The average Bonchev–Trinajstić information content (AvgIpc) is 2.97. The fourth-order valence-corrected chi connectivity index (χ4v) is 3.44. The standard InChI is InChI=1S/C14H30N3O4P/c1-4-7-10-19-14-13-15-16-17(14)22(18,20-11-8-5-2)21-12-9-6-3/h14H,4-13H2,1-3H3. The zero-order chi connectivity index (χ0) is 16.3. The van der Waals surface area contributed by atoms with Crippen LogP contribution in [0.4, 0.5) is 0 Å². The van der Waals surface area contributed by atoms with E-state index in [2.05, 4.69) is 31.1 Å². The molecule has 1 aliphatic heterocycles. The molecule has 0 saturated heterocycles. The first-order chi connectivity index (χ1) is 10.7. The van der Waals surface area contributed by atoms with Crippen molar-refractivity contribution in [1.29, 1.82) is 0 Å². The summed E-state index contributed by atoms with van der Waals surface area (Å²) in [5, 5.41) is 7.89. The first-order valence-corrected chi connectivity index (χ1v) is 9.85. The topological polar surface area (TPSA) is 72.7 Å². The molecule has 0 aromatic rings. The summed E-state index contributed by atoms with van der Waals surface area (Å²) in [6, 6.07) is 0. The third-order valence-corrected chi connectivity index (χ3v) is 5.07. The van der Waals surface area contributed by atoms with E-state index in [1.54, 1.807) is 0 Å². The summed E-state index contributed by atoms with van der Waals surface area (Å²) >= 11 is 0. The molecular formula is C14H30N3O4P. The predicted octanol–water partition coefficient (Wildman–Crippen LogP) is 4.55. The molecule has 1 rings (SSSR count). The van der Waals surface area contributed by atoms with Crippen LogP contribution in [0.2, 0.25) is 0 Å². The van der Waals surface area contributed by atoms with Gasteiger partial charge in [-0.05, 0) is 19.3 Å². The molecule has 22 heavy (non-hydrogen) atoms. The van der Waals surface area contributed by atoms with Crippen LogP contribution in [-0.2, 0) is 18.3 Å².